The second-order valence-corrected chi connectivity index (χ2v) is 6.09. The zero-order chi connectivity index (χ0) is 18.0. The smallest absolute Gasteiger partial charge is 0.256 e. The quantitative estimate of drug-likeness (QED) is 0.791. The lowest BCUT2D eigenvalue weighted by atomic mass is 9.89. The maximum absolute atomic E-state index is 13.8. The van der Waals surface area contributed by atoms with Crippen LogP contribution in [-0.4, -0.2) is 29.7 Å². The number of carbonyl (C=O) groups excluding carboxylic acids is 2. The minimum atomic E-state index is -0.801. The van der Waals surface area contributed by atoms with Gasteiger partial charge in [-0.25, -0.2) is 13.2 Å². The Hall–Kier alpha value is -2.63. The molecule has 1 saturated heterocycles. The molecule has 1 atom stereocenters. The van der Waals surface area contributed by atoms with Gasteiger partial charge in [-0.1, -0.05) is 12.1 Å². The Kier molecular flexibility index (Phi) is 4.88. The van der Waals surface area contributed by atoms with Crippen LogP contribution in [-0.2, 0) is 0 Å². The first-order chi connectivity index (χ1) is 12.0. The van der Waals surface area contributed by atoms with Gasteiger partial charge in [-0.2, -0.15) is 0 Å². The molecule has 1 amide bonds. The minimum Gasteiger partial charge on any atom is -0.338 e. The Morgan fingerprint density at radius 2 is 1.76 bits per heavy atom. The molecule has 1 aliphatic heterocycles. The first-order valence-corrected chi connectivity index (χ1v) is 8.00. The number of amides is 1. The van der Waals surface area contributed by atoms with Crippen LogP contribution in [0.3, 0.4) is 0 Å². The highest BCUT2D eigenvalue weighted by Gasteiger charge is 2.30. The number of Topliss-reactive ketones (excluding diaryl/α,β-unsaturated/α-hetero) is 1. The molecular formula is C19H16F3NO2. The second-order valence-electron chi connectivity index (χ2n) is 6.09. The van der Waals surface area contributed by atoms with Gasteiger partial charge in [-0.3, -0.25) is 9.59 Å². The van der Waals surface area contributed by atoms with E-state index in [4.69, 9.17) is 0 Å². The van der Waals surface area contributed by atoms with E-state index in [2.05, 4.69) is 0 Å². The van der Waals surface area contributed by atoms with Crippen LogP contribution < -0.4 is 0 Å². The summed E-state index contributed by atoms with van der Waals surface area (Å²) >= 11 is 0. The fraction of sp³-hybridized carbons (Fsp3) is 0.263. The number of hydrogen-bond donors (Lipinski definition) is 0. The highest BCUT2D eigenvalue weighted by Crippen LogP contribution is 2.23. The molecule has 0 bridgehead atoms. The van der Waals surface area contributed by atoms with Crippen molar-refractivity contribution in [2.75, 3.05) is 13.1 Å². The zero-order valence-corrected chi connectivity index (χ0v) is 13.3. The lowest BCUT2D eigenvalue weighted by molar-refractivity contribution is 0.0632. The molecule has 1 aliphatic rings. The molecule has 130 valence electrons. The molecule has 0 N–H and O–H groups in total. The maximum Gasteiger partial charge on any atom is 0.256 e. The second kappa shape index (κ2) is 7.09. The lowest BCUT2D eigenvalue weighted by Gasteiger charge is -2.32. The monoisotopic (exact) mass is 347 g/mol. The van der Waals surface area contributed by atoms with Gasteiger partial charge in [0.1, 0.15) is 17.5 Å². The summed E-state index contributed by atoms with van der Waals surface area (Å²) in [6.45, 7) is 0.464. The Morgan fingerprint density at radius 1 is 1.00 bits per heavy atom. The summed E-state index contributed by atoms with van der Waals surface area (Å²) in [7, 11) is 0. The summed E-state index contributed by atoms with van der Waals surface area (Å²) in [6.07, 6.45) is 1.12. The molecule has 1 fully saturated rings. The molecule has 0 aliphatic carbocycles. The van der Waals surface area contributed by atoms with Crippen molar-refractivity contribution in [3.8, 4) is 0 Å². The van der Waals surface area contributed by atoms with E-state index >= 15 is 0 Å². The Labute approximate surface area is 143 Å². The van der Waals surface area contributed by atoms with Gasteiger partial charge in [0.25, 0.3) is 5.91 Å². The van der Waals surface area contributed by atoms with Crippen molar-refractivity contribution in [3.05, 3.63) is 71.0 Å². The predicted octanol–water partition coefficient (Wildman–Crippen LogP) is 3.84. The molecule has 1 unspecified atom stereocenters. The molecule has 2 aromatic rings. The molecule has 0 aromatic heterocycles. The Balaban J connectivity index is 1.78. The van der Waals surface area contributed by atoms with Crippen molar-refractivity contribution in [2.24, 2.45) is 5.92 Å². The van der Waals surface area contributed by atoms with E-state index in [9.17, 15) is 22.8 Å². The number of nitrogens with zero attached hydrogens (tertiary/aromatic N) is 1. The van der Waals surface area contributed by atoms with Gasteiger partial charge in [0.15, 0.2) is 5.78 Å². The van der Waals surface area contributed by atoms with Crippen LogP contribution in [0.4, 0.5) is 13.2 Å². The highest BCUT2D eigenvalue weighted by molar-refractivity contribution is 5.99. The number of hydrogen-bond acceptors (Lipinski definition) is 2. The van der Waals surface area contributed by atoms with Crippen molar-refractivity contribution in [1.29, 1.82) is 0 Å². The first-order valence-electron chi connectivity index (χ1n) is 8.00. The molecule has 3 nitrogen and oxygen atoms in total. The van der Waals surface area contributed by atoms with Crippen LogP contribution in [0, 0.1) is 23.4 Å². The summed E-state index contributed by atoms with van der Waals surface area (Å²) in [4.78, 5) is 26.4. The van der Waals surface area contributed by atoms with Crippen molar-refractivity contribution in [3.63, 3.8) is 0 Å². The largest absolute Gasteiger partial charge is 0.338 e. The van der Waals surface area contributed by atoms with Crippen LogP contribution >= 0.6 is 0 Å². The Bertz CT molecular complexity index is 822. The maximum atomic E-state index is 13.8. The minimum absolute atomic E-state index is 0.101. The van der Waals surface area contributed by atoms with E-state index in [1.807, 2.05) is 0 Å². The molecule has 6 heteroatoms. The van der Waals surface area contributed by atoms with Crippen molar-refractivity contribution in [1.82, 2.24) is 4.90 Å². The summed E-state index contributed by atoms with van der Waals surface area (Å²) in [5, 5.41) is 0. The average Bonchev–Trinajstić information content (AvgIpc) is 2.62. The molecule has 1 heterocycles. The van der Waals surface area contributed by atoms with Gasteiger partial charge in [0.2, 0.25) is 0 Å². The van der Waals surface area contributed by atoms with Crippen LogP contribution in [0.2, 0.25) is 0 Å². The zero-order valence-electron chi connectivity index (χ0n) is 13.3. The number of likely N-dealkylation sites (tertiary alicyclic amines) is 1. The van der Waals surface area contributed by atoms with Crippen molar-refractivity contribution < 1.29 is 22.8 Å². The molecule has 0 radical (unpaired) electrons. The van der Waals surface area contributed by atoms with E-state index in [1.54, 1.807) is 0 Å². The summed E-state index contributed by atoms with van der Waals surface area (Å²) in [5.74, 6) is -3.39. The van der Waals surface area contributed by atoms with E-state index < -0.39 is 29.3 Å². The normalized spacial score (nSPS) is 17.4. The number of benzene rings is 2. The van der Waals surface area contributed by atoms with Gasteiger partial charge in [-0.05, 0) is 43.2 Å². The standard InChI is InChI=1S/C19H16F3NO2/c20-14-5-1-3-12(9-14)18(24)13-4-2-8-23(11-13)19(25)16-10-15(21)6-7-17(16)22/h1,3,5-7,9-10,13H,2,4,8,11H2. The number of piperidine rings is 1. The Morgan fingerprint density at radius 3 is 2.52 bits per heavy atom. The summed E-state index contributed by atoms with van der Waals surface area (Å²) in [6, 6.07) is 8.10. The van der Waals surface area contributed by atoms with E-state index in [-0.39, 0.29) is 23.5 Å². The van der Waals surface area contributed by atoms with Crippen LogP contribution in [0.15, 0.2) is 42.5 Å². The average molecular weight is 347 g/mol. The van der Waals surface area contributed by atoms with E-state index in [0.29, 0.717) is 19.4 Å². The number of rotatable bonds is 3. The molecule has 0 saturated carbocycles. The molecule has 2 aromatic carbocycles. The van der Waals surface area contributed by atoms with E-state index in [1.165, 1.54) is 23.1 Å². The fourth-order valence-corrected chi connectivity index (χ4v) is 3.08. The van der Waals surface area contributed by atoms with Gasteiger partial charge >= 0.3 is 0 Å². The third-order valence-electron chi connectivity index (χ3n) is 4.35. The summed E-state index contributed by atoms with van der Waals surface area (Å²) in [5.41, 5.74) is -0.102. The third kappa shape index (κ3) is 3.73. The molecule has 25 heavy (non-hydrogen) atoms. The SMILES string of the molecule is O=C(c1cccc(F)c1)C1CCCN(C(=O)c2cc(F)ccc2F)C1. The highest BCUT2D eigenvalue weighted by atomic mass is 19.1. The third-order valence-corrected chi connectivity index (χ3v) is 4.35. The lowest BCUT2D eigenvalue weighted by Crippen LogP contribution is -2.42. The number of ketones is 1. The van der Waals surface area contributed by atoms with Crippen molar-refractivity contribution >= 4 is 11.7 Å². The van der Waals surface area contributed by atoms with Crippen molar-refractivity contribution in [2.45, 2.75) is 12.8 Å². The van der Waals surface area contributed by atoms with Gasteiger partial charge in [0, 0.05) is 24.6 Å². The topological polar surface area (TPSA) is 37.4 Å². The number of carbonyl (C=O) groups is 2. The fourth-order valence-electron chi connectivity index (χ4n) is 3.08. The van der Waals surface area contributed by atoms with E-state index in [0.717, 1.165) is 24.3 Å². The van der Waals surface area contributed by atoms with Crippen LogP contribution in [0.1, 0.15) is 33.6 Å². The molecular weight excluding hydrogens is 331 g/mol. The molecule has 0 spiro atoms. The van der Waals surface area contributed by atoms with Crippen LogP contribution in [0.5, 0.6) is 0 Å². The predicted molar refractivity (Wildman–Crippen MR) is 85.7 cm³/mol. The van der Waals surface area contributed by atoms with Gasteiger partial charge in [-0.15, -0.1) is 0 Å². The first kappa shape index (κ1) is 17.2. The molecule has 3 rings (SSSR count). The van der Waals surface area contributed by atoms with Gasteiger partial charge in [0.05, 0.1) is 5.56 Å². The summed E-state index contributed by atoms with van der Waals surface area (Å²) < 4.78 is 40.4. The number of halogens is 3. The van der Waals surface area contributed by atoms with Crippen LogP contribution in [0.25, 0.3) is 0 Å². The van der Waals surface area contributed by atoms with Gasteiger partial charge < -0.3 is 4.90 Å².